The summed E-state index contributed by atoms with van der Waals surface area (Å²) < 4.78 is 6.63. The molecule has 96 valence electrons. The third kappa shape index (κ3) is 4.67. The summed E-state index contributed by atoms with van der Waals surface area (Å²) in [7, 11) is 0. The molecule has 0 spiro atoms. The Bertz CT molecular complexity index is 339. The van der Waals surface area contributed by atoms with Crippen LogP contribution in [0.3, 0.4) is 0 Å². The van der Waals surface area contributed by atoms with Gasteiger partial charge in [0.05, 0.1) is 13.2 Å². The highest BCUT2D eigenvalue weighted by molar-refractivity contribution is 9.10. The lowest BCUT2D eigenvalue weighted by atomic mass is 10.1. The Hall–Kier alpha value is 0.0600. The fourth-order valence-electron chi connectivity index (χ4n) is 2.00. The van der Waals surface area contributed by atoms with E-state index < -0.39 is 0 Å². The van der Waals surface area contributed by atoms with Crippen molar-refractivity contribution < 1.29 is 4.74 Å². The normalized spacial score (nSPS) is 22.6. The van der Waals surface area contributed by atoms with Crippen molar-refractivity contribution in [2.45, 2.75) is 32.0 Å². The Morgan fingerprint density at radius 2 is 2.59 bits per heavy atom. The van der Waals surface area contributed by atoms with Crippen molar-refractivity contribution in [3.63, 3.8) is 0 Å². The van der Waals surface area contributed by atoms with Gasteiger partial charge in [0.25, 0.3) is 0 Å². The van der Waals surface area contributed by atoms with Gasteiger partial charge in [-0.15, -0.1) is 11.3 Å². The number of hydrogen-bond acceptors (Lipinski definition) is 4. The summed E-state index contributed by atoms with van der Waals surface area (Å²) in [6.07, 6.45) is 1.12. The highest BCUT2D eigenvalue weighted by Crippen LogP contribution is 2.19. The Labute approximate surface area is 115 Å². The van der Waals surface area contributed by atoms with Gasteiger partial charge in [0.2, 0.25) is 0 Å². The van der Waals surface area contributed by atoms with E-state index in [2.05, 4.69) is 44.9 Å². The van der Waals surface area contributed by atoms with Gasteiger partial charge in [-0.1, -0.05) is 0 Å². The molecule has 0 saturated carbocycles. The molecule has 3 nitrogen and oxygen atoms in total. The first kappa shape index (κ1) is 13.5. The quantitative estimate of drug-likeness (QED) is 0.874. The SMILES string of the molecule is CC(CC1COCCN1)NCc1cc(Br)cs1. The molecule has 1 aliphatic rings. The Kier molecular flexibility index (Phi) is 5.44. The summed E-state index contributed by atoms with van der Waals surface area (Å²) >= 11 is 5.26. The van der Waals surface area contributed by atoms with E-state index in [1.165, 1.54) is 9.35 Å². The van der Waals surface area contributed by atoms with E-state index in [-0.39, 0.29) is 0 Å². The van der Waals surface area contributed by atoms with Crippen LogP contribution < -0.4 is 10.6 Å². The summed E-state index contributed by atoms with van der Waals surface area (Å²) in [4.78, 5) is 1.37. The molecule has 0 aromatic carbocycles. The second kappa shape index (κ2) is 6.85. The molecular formula is C12H19BrN2OS. The molecule has 2 rings (SSSR count). The number of morpholine rings is 1. The van der Waals surface area contributed by atoms with Crippen molar-refractivity contribution >= 4 is 27.3 Å². The Morgan fingerprint density at radius 3 is 3.24 bits per heavy atom. The van der Waals surface area contributed by atoms with Gasteiger partial charge in [-0.2, -0.15) is 0 Å². The van der Waals surface area contributed by atoms with Crippen LogP contribution in [-0.2, 0) is 11.3 Å². The van der Waals surface area contributed by atoms with Crippen LogP contribution in [-0.4, -0.2) is 31.8 Å². The first-order valence-corrected chi connectivity index (χ1v) is 7.68. The van der Waals surface area contributed by atoms with Gasteiger partial charge in [-0.3, -0.25) is 0 Å². The molecule has 1 aromatic rings. The number of halogens is 1. The smallest absolute Gasteiger partial charge is 0.0620 e. The summed E-state index contributed by atoms with van der Waals surface area (Å²) in [5.41, 5.74) is 0. The van der Waals surface area contributed by atoms with Crippen molar-refractivity contribution in [1.82, 2.24) is 10.6 Å². The molecule has 0 amide bonds. The van der Waals surface area contributed by atoms with E-state index >= 15 is 0 Å². The minimum Gasteiger partial charge on any atom is -0.379 e. The van der Waals surface area contributed by atoms with Crippen LogP contribution in [0.15, 0.2) is 15.9 Å². The lowest BCUT2D eigenvalue weighted by molar-refractivity contribution is 0.0712. The van der Waals surface area contributed by atoms with Crippen molar-refractivity contribution in [2.75, 3.05) is 19.8 Å². The largest absolute Gasteiger partial charge is 0.379 e. The molecule has 0 aliphatic carbocycles. The lowest BCUT2D eigenvalue weighted by Gasteiger charge is -2.26. The summed E-state index contributed by atoms with van der Waals surface area (Å²) in [5, 5.41) is 9.16. The zero-order valence-electron chi connectivity index (χ0n) is 10.0. The van der Waals surface area contributed by atoms with Gasteiger partial charge in [0.15, 0.2) is 0 Å². The minimum absolute atomic E-state index is 0.501. The van der Waals surface area contributed by atoms with E-state index in [0.29, 0.717) is 12.1 Å². The molecule has 2 unspecified atom stereocenters. The van der Waals surface area contributed by atoms with E-state index in [4.69, 9.17) is 4.74 Å². The van der Waals surface area contributed by atoms with Crippen LogP contribution in [0.25, 0.3) is 0 Å². The van der Waals surface area contributed by atoms with E-state index in [1.807, 2.05) is 0 Å². The maximum atomic E-state index is 5.45. The molecular weight excluding hydrogens is 300 g/mol. The van der Waals surface area contributed by atoms with Gasteiger partial charge in [0, 0.05) is 39.9 Å². The van der Waals surface area contributed by atoms with Gasteiger partial charge in [0.1, 0.15) is 0 Å². The number of hydrogen-bond donors (Lipinski definition) is 2. The van der Waals surface area contributed by atoms with Crippen LogP contribution in [0, 0.1) is 0 Å². The number of thiophene rings is 1. The highest BCUT2D eigenvalue weighted by Gasteiger charge is 2.15. The molecule has 1 saturated heterocycles. The number of nitrogens with one attached hydrogen (secondary N) is 2. The molecule has 1 aliphatic heterocycles. The Balaban J connectivity index is 1.68. The van der Waals surface area contributed by atoms with Gasteiger partial charge in [-0.05, 0) is 35.3 Å². The molecule has 2 atom stereocenters. The summed E-state index contributed by atoms with van der Waals surface area (Å²) in [6.45, 7) is 5.86. The molecule has 2 N–H and O–H groups in total. The second-order valence-corrected chi connectivity index (χ2v) is 6.39. The van der Waals surface area contributed by atoms with E-state index in [9.17, 15) is 0 Å². The van der Waals surface area contributed by atoms with Crippen molar-refractivity contribution in [3.05, 3.63) is 20.8 Å². The second-order valence-electron chi connectivity index (χ2n) is 4.47. The molecule has 1 fully saturated rings. The predicted octanol–water partition coefficient (Wildman–Crippen LogP) is 2.37. The van der Waals surface area contributed by atoms with E-state index in [1.54, 1.807) is 11.3 Å². The zero-order valence-corrected chi connectivity index (χ0v) is 12.4. The first-order chi connectivity index (χ1) is 8.24. The number of rotatable bonds is 5. The molecule has 5 heteroatoms. The summed E-state index contributed by atoms with van der Waals surface area (Å²) in [5.74, 6) is 0. The van der Waals surface area contributed by atoms with Gasteiger partial charge in [-0.25, -0.2) is 0 Å². The van der Waals surface area contributed by atoms with Crippen molar-refractivity contribution in [2.24, 2.45) is 0 Å². The molecule has 0 bridgehead atoms. The van der Waals surface area contributed by atoms with Gasteiger partial charge < -0.3 is 15.4 Å². The van der Waals surface area contributed by atoms with Crippen LogP contribution in [0.5, 0.6) is 0 Å². The van der Waals surface area contributed by atoms with Crippen LogP contribution in [0.2, 0.25) is 0 Å². The summed E-state index contributed by atoms with van der Waals surface area (Å²) in [6, 6.07) is 3.18. The lowest BCUT2D eigenvalue weighted by Crippen LogP contribution is -2.44. The highest BCUT2D eigenvalue weighted by atomic mass is 79.9. The monoisotopic (exact) mass is 318 g/mol. The third-order valence-corrected chi connectivity index (χ3v) is 4.58. The molecule has 2 heterocycles. The Morgan fingerprint density at radius 1 is 1.71 bits per heavy atom. The predicted molar refractivity (Wildman–Crippen MR) is 75.5 cm³/mol. The van der Waals surface area contributed by atoms with Crippen LogP contribution in [0.1, 0.15) is 18.2 Å². The van der Waals surface area contributed by atoms with Crippen LogP contribution in [0.4, 0.5) is 0 Å². The molecule has 0 radical (unpaired) electrons. The first-order valence-electron chi connectivity index (χ1n) is 6.01. The molecule has 17 heavy (non-hydrogen) atoms. The van der Waals surface area contributed by atoms with Gasteiger partial charge >= 0.3 is 0 Å². The maximum absolute atomic E-state index is 5.45. The third-order valence-electron chi connectivity index (χ3n) is 2.88. The van der Waals surface area contributed by atoms with Crippen molar-refractivity contribution in [3.8, 4) is 0 Å². The zero-order chi connectivity index (χ0) is 12.1. The fourth-order valence-corrected chi connectivity index (χ4v) is 3.40. The minimum atomic E-state index is 0.501. The average Bonchev–Trinajstić information content (AvgIpc) is 2.74. The molecule has 1 aromatic heterocycles. The maximum Gasteiger partial charge on any atom is 0.0620 e. The fraction of sp³-hybridized carbons (Fsp3) is 0.667. The van der Waals surface area contributed by atoms with Crippen molar-refractivity contribution in [1.29, 1.82) is 0 Å². The topological polar surface area (TPSA) is 33.3 Å². The standard InChI is InChI=1S/C12H19BrN2OS/c1-9(4-11-7-16-3-2-14-11)15-6-12-5-10(13)8-17-12/h5,8-9,11,14-15H,2-4,6-7H2,1H3. The van der Waals surface area contributed by atoms with E-state index in [0.717, 1.165) is 32.7 Å². The van der Waals surface area contributed by atoms with Crippen LogP contribution >= 0.6 is 27.3 Å². The average molecular weight is 319 g/mol. The number of ether oxygens (including phenoxy) is 1.